The summed E-state index contributed by atoms with van der Waals surface area (Å²) in [5.41, 5.74) is 4.99. The fourth-order valence-electron chi connectivity index (χ4n) is 1.94. The van der Waals surface area contributed by atoms with Gasteiger partial charge in [-0.1, -0.05) is 13.3 Å². The largest absolute Gasteiger partial charge is 0.361 e. The molecule has 80 valence electrons. The number of rotatable bonds is 1. The van der Waals surface area contributed by atoms with Crippen molar-refractivity contribution in [2.45, 2.75) is 39.2 Å². The van der Waals surface area contributed by atoms with Crippen LogP contribution in [0, 0.1) is 5.92 Å². The van der Waals surface area contributed by atoms with Crippen molar-refractivity contribution in [2.24, 2.45) is 11.7 Å². The van der Waals surface area contributed by atoms with Crippen molar-refractivity contribution in [3.8, 4) is 0 Å². The highest BCUT2D eigenvalue weighted by Gasteiger charge is 2.30. The van der Waals surface area contributed by atoms with Crippen LogP contribution in [0.4, 0.5) is 0 Å². The van der Waals surface area contributed by atoms with Gasteiger partial charge in [-0.2, -0.15) is 0 Å². The second-order valence-corrected chi connectivity index (χ2v) is 4.02. The van der Waals surface area contributed by atoms with E-state index in [4.69, 9.17) is 5.73 Å². The average molecular weight is 198 g/mol. The maximum absolute atomic E-state index is 11.4. The predicted octanol–water partition coefficient (Wildman–Crippen LogP) is 0.509. The van der Waals surface area contributed by atoms with Crippen LogP contribution in [-0.4, -0.2) is 29.3 Å². The normalized spacial score (nSPS) is 27.4. The third-order valence-electron chi connectivity index (χ3n) is 3.03. The predicted molar refractivity (Wildman–Crippen MR) is 53.4 cm³/mol. The Labute approximate surface area is 84.4 Å². The van der Waals surface area contributed by atoms with E-state index in [1.807, 2.05) is 6.92 Å². The van der Waals surface area contributed by atoms with Crippen molar-refractivity contribution in [2.75, 3.05) is 6.54 Å². The summed E-state index contributed by atoms with van der Waals surface area (Å²) in [4.78, 5) is 23.8. The summed E-state index contributed by atoms with van der Waals surface area (Å²) >= 11 is 0. The topological polar surface area (TPSA) is 63.4 Å². The molecule has 1 heterocycles. The smallest absolute Gasteiger partial charge is 0.311 e. The number of carbonyl (C=O) groups excluding carboxylic acids is 2. The molecule has 14 heavy (non-hydrogen) atoms. The van der Waals surface area contributed by atoms with Crippen molar-refractivity contribution in [1.29, 1.82) is 0 Å². The molecule has 1 rings (SSSR count). The Morgan fingerprint density at radius 1 is 1.43 bits per heavy atom. The summed E-state index contributed by atoms with van der Waals surface area (Å²) in [5, 5.41) is 0. The Morgan fingerprint density at radius 2 is 2.07 bits per heavy atom. The molecule has 0 saturated carbocycles. The Hall–Kier alpha value is -1.06. The fraction of sp³-hybridized carbons (Fsp3) is 0.800. The first-order valence-corrected chi connectivity index (χ1v) is 5.16. The quantitative estimate of drug-likeness (QED) is 0.624. The number of hydrogen-bond donors (Lipinski definition) is 1. The summed E-state index contributed by atoms with van der Waals surface area (Å²) < 4.78 is 0. The lowest BCUT2D eigenvalue weighted by molar-refractivity contribution is -0.147. The van der Waals surface area contributed by atoms with Crippen LogP contribution in [0.1, 0.15) is 33.1 Å². The molecule has 2 atom stereocenters. The van der Waals surface area contributed by atoms with Crippen LogP contribution in [-0.2, 0) is 9.59 Å². The number of piperidine rings is 1. The summed E-state index contributed by atoms with van der Waals surface area (Å²) in [6.45, 7) is 4.75. The molecule has 0 unspecified atom stereocenters. The van der Waals surface area contributed by atoms with Crippen LogP contribution in [0.25, 0.3) is 0 Å². The summed E-state index contributed by atoms with van der Waals surface area (Å²) in [6.07, 6.45) is 3.16. The number of nitrogens with zero attached hydrogens (tertiary/aromatic N) is 1. The van der Waals surface area contributed by atoms with Crippen LogP contribution in [0.5, 0.6) is 0 Å². The Balaban J connectivity index is 2.65. The number of amides is 2. The Kier molecular flexibility index (Phi) is 3.49. The monoisotopic (exact) mass is 198 g/mol. The van der Waals surface area contributed by atoms with Crippen LogP contribution in [0.15, 0.2) is 0 Å². The number of likely N-dealkylation sites (tertiary alicyclic amines) is 1. The highest BCUT2D eigenvalue weighted by Crippen LogP contribution is 2.23. The zero-order chi connectivity index (χ0) is 10.7. The van der Waals surface area contributed by atoms with Gasteiger partial charge in [0.05, 0.1) is 0 Å². The highest BCUT2D eigenvalue weighted by molar-refractivity contribution is 6.34. The van der Waals surface area contributed by atoms with Gasteiger partial charge < -0.3 is 10.6 Å². The summed E-state index contributed by atoms with van der Waals surface area (Å²) in [6, 6.07) is 0.151. The molecule has 4 heteroatoms. The lowest BCUT2D eigenvalue weighted by Gasteiger charge is -2.36. The van der Waals surface area contributed by atoms with E-state index in [2.05, 4.69) is 6.92 Å². The van der Waals surface area contributed by atoms with E-state index in [0.29, 0.717) is 12.5 Å². The van der Waals surface area contributed by atoms with Crippen LogP contribution >= 0.6 is 0 Å². The highest BCUT2D eigenvalue weighted by atomic mass is 16.2. The molecule has 1 aliphatic rings. The molecule has 0 bridgehead atoms. The van der Waals surface area contributed by atoms with Gasteiger partial charge in [0.2, 0.25) is 0 Å². The maximum Gasteiger partial charge on any atom is 0.311 e. The van der Waals surface area contributed by atoms with Crippen LogP contribution in [0.3, 0.4) is 0 Å². The first-order chi connectivity index (χ1) is 6.56. The number of carbonyl (C=O) groups is 2. The van der Waals surface area contributed by atoms with Gasteiger partial charge in [-0.3, -0.25) is 9.59 Å². The minimum atomic E-state index is -0.839. The standard InChI is InChI=1S/C10H18N2O2/c1-3-8-5-4-7(2)12(6-8)10(14)9(11)13/h7-8H,3-6H2,1-2H3,(H2,11,13)/t7-,8-/m1/s1. The van der Waals surface area contributed by atoms with E-state index in [1.165, 1.54) is 0 Å². The fourth-order valence-corrected chi connectivity index (χ4v) is 1.94. The Morgan fingerprint density at radius 3 is 2.57 bits per heavy atom. The van der Waals surface area contributed by atoms with Gasteiger partial charge in [0, 0.05) is 12.6 Å². The van der Waals surface area contributed by atoms with Crippen molar-refractivity contribution in [3.63, 3.8) is 0 Å². The van der Waals surface area contributed by atoms with E-state index in [0.717, 1.165) is 19.3 Å². The van der Waals surface area contributed by atoms with Crippen LogP contribution < -0.4 is 5.73 Å². The molecule has 0 radical (unpaired) electrons. The zero-order valence-electron chi connectivity index (χ0n) is 8.82. The van der Waals surface area contributed by atoms with E-state index < -0.39 is 11.8 Å². The van der Waals surface area contributed by atoms with Gasteiger partial charge in [-0.25, -0.2) is 0 Å². The van der Waals surface area contributed by atoms with Gasteiger partial charge in [0.25, 0.3) is 0 Å². The second kappa shape index (κ2) is 4.44. The van der Waals surface area contributed by atoms with Gasteiger partial charge in [-0.05, 0) is 25.7 Å². The third-order valence-corrected chi connectivity index (χ3v) is 3.03. The average Bonchev–Trinajstić information content (AvgIpc) is 2.17. The minimum absolute atomic E-state index is 0.151. The van der Waals surface area contributed by atoms with E-state index in [-0.39, 0.29) is 6.04 Å². The lowest BCUT2D eigenvalue weighted by Crippen LogP contribution is -2.49. The van der Waals surface area contributed by atoms with E-state index in [9.17, 15) is 9.59 Å². The zero-order valence-corrected chi connectivity index (χ0v) is 8.82. The molecule has 2 N–H and O–H groups in total. The second-order valence-electron chi connectivity index (χ2n) is 4.02. The molecular formula is C10H18N2O2. The van der Waals surface area contributed by atoms with Crippen molar-refractivity contribution >= 4 is 11.8 Å². The molecule has 1 aliphatic heterocycles. The summed E-state index contributed by atoms with van der Waals surface area (Å²) in [5.74, 6) is -0.848. The number of hydrogen-bond acceptors (Lipinski definition) is 2. The lowest BCUT2D eigenvalue weighted by atomic mass is 9.91. The third kappa shape index (κ3) is 2.25. The van der Waals surface area contributed by atoms with Gasteiger partial charge in [0.1, 0.15) is 0 Å². The molecule has 1 saturated heterocycles. The molecule has 2 amide bonds. The molecule has 0 aromatic carbocycles. The number of nitrogens with two attached hydrogens (primary N) is 1. The maximum atomic E-state index is 11.4. The molecule has 0 aromatic heterocycles. The molecule has 0 spiro atoms. The van der Waals surface area contributed by atoms with Gasteiger partial charge in [0.15, 0.2) is 0 Å². The SMILES string of the molecule is CC[C@@H]1CC[C@@H](C)N(C(=O)C(N)=O)C1. The molecule has 0 aromatic rings. The summed E-state index contributed by atoms with van der Waals surface area (Å²) in [7, 11) is 0. The minimum Gasteiger partial charge on any atom is -0.361 e. The van der Waals surface area contributed by atoms with E-state index in [1.54, 1.807) is 4.90 Å². The number of primary amides is 1. The first-order valence-electron chi connectivity index (χ1n) is 5.16. The van der Waals surface area contributed by atoms with Crippen molar-refractivity contribution in [1.82, 2.24) is 4.90 Å². The van der Waals surface area contributed by atoms with Crippen molar-refractivity contribution in [3.05, 3.63) is 0 Å². The Bertz CT molecular complexity index is 240. The van der Waals surface area contributed by atoms with E-state index >= 15 is 0 Å². The van der Waals surface area contributed by atoms with Crippen LogP contribution in [0.2, 0.25) is 0 Å². The molecular weight excluding hydrogens is 180 g/mol. The van der Waals surface area contributed by atoms with Gasteiger partial charge >= 0.3 is 11.8 Å². The molecule has 4 nitrogen and oxygen atoms in total. The van der Waals surface area contributed by atoms with Crippen molar-refractivity contribution < 1.29 is 9.59 Å². The van der Waals surface area contributed by atoms with Gasteiger partial charge in [-0.15, -0.1) is 0 Å². The molecule has 1 fully saturated rings. The molecule has 0 aliphatic carbocycles. The first kappa shape index (κ1) is 11.0.